The number of halogens is 1. The van der Waals surface area contributed by atoms with E-state index in [1.807, 2.05) is 59.5 Å². The number of rotatable bonds is 4. The zero-order valence-electron chi connectivity index (χ0n) is 16.4. The molecule has 0 N–H and O–H groups in total. The first-order valence-corrected chi connectivity index (χ1v) is 10.5. The van der Waals surface area contributed by atoms with Gasteiger partial charge in [-0.15, -0.1) is 0 Å². The van der Waals surface area contributed by atoms with Crippen molar-refractivity contribution >= 4 is 28.5 Å². The van der Waals surface area contributed by atoms with Gasteiger partial charge >= 0.3 is 0 Å². The zero-order valence-corrected chi connectivity index (χ0v) is 17.1. The summed E-state index contributed by atoms with van der Waals surface area (Å²) < 4.78 is 11.8. The molecule has 5 nitrogen and oxygen atoms in total. The van der Waals surface area contributed by atoms with Crippen LogP contribution in [-0.4, -0.2) is 28.9 Å². The van der Waals surface area contributed by atoms with Crippen LogP contribution >= 0.6 is 11.6 Å². The van der Waals surface area contributed by atoms with Crippen molar-refractivity contribution in [2.75, 3.05) is 13.1 Å². The summed E-state index contributed by atoms with van der Waals surface area (Å²) in [4.78, 5) is 19.3. The fraction of sp³-hybridized carbons (Fsp3) is 0.250. The van der Waals surface area contributed by atoms with E-state index in [0.29, 0.717) is 36.2 Å². The van der Waals surface area contributed by atoms with E-state index >= 15 is 0 Å². The summed E-state index contributed by atoms with van der Waals surface area (Å²) in [7, 11) is 0. The Morgan fingerprint density at radius 1 is 1.13 bits per heavy atom. The van der Waals surface area contributed by atoms with Gasteiger partial charge in [-0.3, -0.25) is 4.79 Å². The monoisotopic (exact) mass is 420 g/mol. The lowest BCUT2D eigenvalue weighted by Crippen LogP contribution is -2.39. The molecule has 1 amide bonds. The number of aromatic nitrogens is 1. The van der Waals surface area contributed by atoms with E-state index in [9.17, 15) is 4.79 Å². The minimum Gasteiger partial charge on any atom is -0.451 e. The van der Waals surface area contributed by atoms with E-state index in [0.717, 1.165) is 35.1 Å². The number of piperidine rings is 1. The van der Waals surface area contributed by atoms with Gasteiger partial charge in [0.15, 0.2) is 11.7 Å². The Balaban J connectivity index is 1.29. The molecule has 1 atom stereocenters. The van der Waals surface area contributed by atoms with Gasteiger partial charge in [0, 0.05) is 29.9 Å². The van der Waals surface area contributed by atoms with Crippen molar-refractivity contribution in [2.45, 2.75) is 25.2 Å². The number of fused-ring (bicyclic) bond motifs is 1. The van der Waals surface area contributed by atoms with Gasteiger partial charge in [0.2, 0.25) is 0 Å². The smallest absolute Gasteiger partial charge is 0.289 e. The van der Waals surface area contributed by atoms with Crippen LogP contribution in [0.4, 0.5) is 0 Å². The summed E-state index contributed by atoms with van der Waals surface area (Å²) in [5.74, 6) is 1.87. The second-order valence-electron chi connectivity index (χ2n) is 7.71. The molecule has 0 spiro atoms. The van der Waals surface area contributed by atoms with E-state index in [2.05, 4.69) is 4.98 Å². The predicted octanol–water partition coefficient (Wildman–Crippen LogP) is 5.68. The first-order valence-electron chi connectivity index (χ1n) is 10.1. The third-order valence-corrected chi connectivity index (χ3v) is 5.77. The van der Waals surface area contributed by atoms with Crippen LogP contribution in [0.3, 0.4) is 0 Å². The number of nitrogens with zero attached hydrogens (tertiary/aromatic N) is 2. The SMILES string of the molecule is O=C(c1cc2ccccc2o1)N1CCC[C@@H](c2ncc(Cc3cccc(Cl)c3)o2)C1. The van der Waals surface area contributed by atoms with Crippen LogP contribution in [0.5, 0.6) is 0 Å². The van der Waals surface area contributed by atoms with Crippen LogP contribution < -0.4 is 0 Å². The number of benzene rings is 2. The third kappa shape index (κ3) is 3.85. The average Bonchev–Trinajstić information content (AvgIpc) is 3.40. The van der Waals surface area contributed by atoms with Crippen molar-refractivity contribution in [3.63, 3.8) is 0 Å². The van der Waals surface area contributed by atoms with Crippen molar-refractivity contribution in [3.8, 4) is 0 Å². The molecule has 5 rings (SSSR count). The second-order valence-corrected chi connectivity index (χ2v) is 8.15. The highest BCUT2D eigenvalue weighted by Gasteiger charge is 2.29. The van der Waals surface area contributed by atoms with Crippen LogP contribution in [0.1, 0.15) is 46.5 Å². The molecule has 30 heavy (non-hydrogen) atoms. The van der Waals surface area contributed by atoms with Gasteiger partial charge < -0.3 is 13.7 Å². The van der Waals surface area contributed by atoms with Gasteiger partial charge in [0.25, 0.3) is 5.91 Å². The Morgan fingerprint density at radius 2 is 2.03 bits per heavy atom. The number of para-hydroxylation sites is 1. The minimum atomic E-state index is -0.0818. The third-order valence-electron chi connectivity index (χ3n) is 5.53. The van der Waals surface area contributed by atoms with Crippen molar-refractivity contribution in [2.24, 2.45) is 0 Å². The number of carbonyl (C=O) groups excluding carboxylic acids is 1. The molecular formula is C24H21ClN2O3. The van der Waals surface area contributed by atoms with Crippen LogP contribution in [0, 0.1) is 0 Å². The number of furan rings is 1. The highest BCUT2D eigenvalue weighted by Crippen LogP contribution is 2.29. The number of amides is 1. The summed E-state index contributed by atoms with van der Waals surface area (Å²) in [6.45, 7) is 1.29. The van der Waals surface area contributed by atoms with Crippen molar-refractivity contribution < 1.29 is 13.6 Å². The Labute approximate surface area is 179 Å². The molecule has 0 unspecified atom stereocenters. The highest BCUT2D eigenvalue weighted by atomic mass is 35.5. The van der Waals surface area contributed by atoms with Gasteiger partial charge in [-0.05, 0) is 42.7 Å². The molecule has 2 aromatic carbocycles. The highest BCUT2D eigenvalue weighted by molar-refractivity contribution is 6.30. The summed E-state index contributed by atoms with van der Waals surface area (Å²) in [6.07, 6.45) is 4.27. The maximum atomic E-state index is 13.0. The maximum absolute atomic E-state index is 13.0. The van der Waals surface area contributed by atoms with Crippen LogP contribution in [-0.2, 0) is 6.42 Å². The molecule has 4 aromatic rings. The number of hydrogen-bond donors (Lipinski definition) is 0. The topological polar surface area (TPSA) is 59.5 Å². The normalized spacial score (nSPS) is 16.8. The Morgan fingerprint density at radius 3 is 2.90 bits per heavy atom. The molecule has 152 valence electrons. The second kappa shape index (κ2) is 8.00. The fourth-order valence-corrected chi connectivity index (χ4v) is 4.26. The van der Waals surface area contributed by atoms with E-state index in [4.69, 9.17) is 20.4 Å². The quantitative estimate of drug-likeness (QED) is 0.426. The lowest BCUT2D eigenvalue weighted by molar-refractivity contribution is 0.0668. The predicted molar refractivity (Wildman–Crippen MR) is 115 cm³/mol. The first-order chi connectivity index (χ1) is 14.7. The molecule has 0 radical (unpaired) electrons. The zero-order chi connectivity index (χ0) is 20.5. The van der Waals surface area contributed by atoms with Gasteiger partial charge in [-0.1, -0.05) is 41.9 Å². The van der Waals surface area contributed by atoms with E-state index < -0.39 is 0 Å². The molecule has 0 saturated carbocycles. The van der Waals surface area contributed by atoms with Crippen LogP contribution in [0.25, 0.3) is 11.0 Å². The molecule has 3 heterocycles. The summed E-state index contributed by atoms with van der Waals surface area (Å²) >= 11 is 6.07. The number of carbonyl (C=O) groups is 1. The Bertz CT molecular complexity index is 1160. The standard InChI is InChI=1S/C24H21ClN2O3/c25-19-8-3-5-16(11-19)12-20-14-26-23(29-20)18-7-4-10-27(15-18)24(28)22-13-17-6-1-2-9-21(17)30-22/h1-3,5-6,8-9,11,13-14,18H,4,7,10,12,15H2/t18-/m1/s1. The van der Waals surface area contributed by atoms with Crippen LogP contribution in [0.2, 0.25) is 5.02 Å². The number of likely N-dealkylation sites (tertiary alicyclic amines) is 1. The van der Waals surface area contributed by atoms with Gasteiger partial charge in [-0.2, -0.15) is 0 Å². The summed E-state index contributed by atoms with van der Waals surface area (Å²) in [5.41, 5.74) is 1.81. The molecule has 2 aromatic heterocycles. The van der Waals surface area contributed by atoms with Crippen molar-refractivity contribution in [1.82, 2.24) is 9.88 Å². The number of hydrogen-bond acceptors (Lipinski definition) is 4. The summed E-state index contributed by atoms with van der Waals surface area (Å²) in [6, 6.07) is 17.2. The number of oxazole rings is 1. The largest absolute Gasteiger partial charge is 0.451 e. The van der Waals surface area contributed by atoms with Crippen molar-refractivity contribution in [3.05, 3.63) is 88.8 Å². The van der Waals surface area contributed by atoms with Gasteiger partial charge in [-0.25, -0.2) is 4.98 Å². The molecule has 0 aliphatic carbocycles. The molecule has 1 aliphatic heterocycles. The van der Waals surface area contributed by atoms with E-state index in [1.54, 1.807) is 6.20 Å². The van der Waals surface area contributed by atoms with Gasteiger partial charge in [0.1, 0.15) is 11.3 Å². The molecule has 6 heteroatoms. The van der Waals surface area contributed by atoms with Crippen LogP contribution in [0.15, 0.2) is 69.6 Å². The van der Waals surface area contributed by atoms with E-state index in [1.165, 1.54) is 0 Å². The fourth-order valence-electron chi connectivity index (χ4n) is 4.05. The van der Waals surface area contributed by atoms with Crippen molar-refractivity contribution in [1.29, 1.82) is 0 Å². The van der Waals surface area contributed by atoms with E-state index in [-0.39, 0.29) is 11.8 Å². The molecule has 1 fully saturated rings. The summed E-state index contributed by atoms with van der Waals surface area (Å²) in [5, 5.41) is 1.65. The average molecular weight is 421 g/mol. The Kier molecular flexibility index (Phi) is 5.05. The molecule has 1 saturated heterocycles. The first kappa shape index (κ1) is 18.9. The lowest BCUT2D eigenvalue weighted by atomic mass is 9.98. The Hall–Kier alpha value is -3.05. The molecular weight excluding hydrogens is 400 g/mol. The van der Waals surface area contributed by atoms with Gasteiger partial charge in [0.05, 0.1) is 12.1 Å². The maximum Gasteiger partial charge on any atom is 0.289 e. The minimum absolute atomic E-state index is 0.0818. The molecule has 0 bridgehead atoms. The molecule has 1 aliphatic rings. The lowest BCUT2D eigenvalue weighted by Gasteiger charge is -2.30.